The summed E-state index contributed by atoms with van der Waals surface area (Å²) in [6.45, 7) is 0.988. The van der Waals surface area contributed by atoms with Gasteiger partial charge in [0.05, 0.1) is 0 Å². The molecular weight excluding hydrogens is 182 g/mol. The van der Waals surface area contributed by atoms with Crippen molar-refractivity contribution in [2.24, 2.45) is 0 Å². The van der Waals surface area contributed by atoms with Gasteiger partial charge in [0.2, 0.25) is 0 Å². The Bertz CT molecular complexity index is 196. The minimum Gasteiger partial charge on any atom is -0.474 e. The molecule has 0 amide bonds. The van der Waals surface area contributed by atoms with Gasteiger partial charge in [-0.05, 0) is 10.0 Å². The molecule has 0 bridgehead atoms. The molecule has 0 saturated carbocycles. The zero-order chi connectivity index (χ0) is 9.19. The molecule has 3 N–H and O–H groups in total. The molecule has 1 aliphatic rings. The second-order valence-electron chi connectivity index (χ2n) is 2.57. The molecule has 1 rings (SSSR count). The van der Waals surface area contributed by atoms with E-state index in [9.17, 15) is 9.59 Å². The molecular formula is C6H11NO4S. The molecule has 70 valence electrons. The minimum absolute atomic E-state index is 0.248. The van der Waals surface area contributed by atoms with E-state index in [1.54, 1.807) is 0 Å². The lowest BCUT2D eigenvalue weighted by atomic mass is 10.6. The molecule has 1 fully saturated rings. The van der Waals surface area contributed by atoms with Gasteiger partial charge in [0.25, 0.3) is 0 Å². The smallest absolute Gasteiger partial charge is 0.357 e. The summed E-state index contributed by atoms with van der Waals surface area (Å²) >= 11 is 0. The SMILES string of the molecule is O=C(O)S1(C(=O)O)CCNCC1. The van der Waals surface area contributed by atoms with E-state index < -0.39 is 20.6 Å². The number of hydrogen-bond donors (Lipinski definition) is 3. The van der Waals surface area contributed by atoms with Crippen LogP contribution in [-0.4, -0.2) is 45.4 Å². The summed E-state index contributed by atoms with van der Waals surface area (Å²) in [5.41, 5.74) is 0. The summed E-state index contributed by atoms with van der Waals surface area (Å²) < 4.78 is 0. The lowest BCUT2D eigenvalue weighted by molar-refractivity contribution is 0.215. The van der Waals surface area contributed by atoms with Gasteiger partial charge in [0.1, 0.15) is 0 Å². The molecule has 1 saturated heterocycles. The van der Waals surface area contributed by atoms with Gasteiger partial charge in [0, 0.05) is 24.6 Å². The third kappa shape index (κ3) is 1.39. The molecule has 6 heteroatoms. The lowest BCUT2D eigenvalue weighted by Gasteiger charge is -2.33. The molecule has 0 radical (unpaired) electrons. The van der Waals surface area contributed by atoms with Crippen LogP contribution in [0.15, 0.2) is 0 Å². The van der Waals surface area contributed by atoms with Crippen LogP contribution in [0.25, 0.3) is 0 Å². The van der Waals surface area contributed by atoms with Crippen LogP contribution in [-0.2, 0) is 0 Å². The van der Waals surface area contributed by atoms with E-state index in [2.05, 4.69) is 5.32 Å². The first-order valence-corrected chi connectivity index (χ1v) is 5.52. The zero-order valence-electron chi connectivity index (χ0n) is 6.45. The fraction of sp³-hybridized carbons (Fsp3) is 0.667. The van der Waals surface area contributed by atoms with Crippen LogP contribution in [0.1, 0.15) is 0 Å². The van der Waals surface area contributed by atoms with E-state index in [0.717, 1.165) is 0 Å². The van der Waals surface area contributed by atoms with Gasteiger partial charge in [-0.15, -0.1) is 0 Å². The number of hydrogen-bond acceptors (Lipinski definition) is 3. The van der Waals surface area contributed by atoms with Gasteiger partial charge < -0.3 is 15.5 Å². The fourth-order valence-electron chi connectivity index (χ4n) is 1.14. The van der Waals surface area contributed by atoms with Crippen molar-refractivity contribution in [1.82, 2.24) is 5.32 Å². The first kappa shape index (κ1) is 9.34. The fourth-order valence-corrected chi connectivity index (χ4v) is 3.18. The predicted molar refractivity (Wildman–Crippen MR) is 46.2 cm³/mol. The Balaban J connectivity index is 2.84. The molecule has 0 aromatic heterocycles. The van der Waals surface area contributed by atoms with Crippen molar-refractivity contribution < 1.29 is 19.8 Å². The molecule has 0 aromatic carbocycles. The Morgan fingerprint density at radius 3 is 1.75 bits per heavy atom. The summed E-state index contributed by atoms with van der Waals surface area (Å²) in [6.07, 6.45) is 0. The first-order valence-electron chi connectivity index (χ1n) is 3.55. The maximum absolute atomic E-state index is 10.7. The topological polar surface area (TPSA) is 86.6 Å². The molecule has 0 spiro atoms. The van der Waals surface area contributed by atoms with E-state index in [1.165, 1.54) is 0 Å². The Labute approximate surface area is 71.1 Å². The number of carbonyl (C=O) groups is 2. The largest absolute Gasteiger partial charge is 0.474 e. The van der Waals surface area contributed by atoms with E-state index >= 15 is 0 Å². The molecule has 1 heterocycles. The molecule has 0 aliphatic carbocycles. The molecule has 0 unspecified atom stereocenters. The maximum atomic E-state index is 10.7. The minimum atomic E-state index is -2.46. The summed E-state index contributed by atoms with van der Waals surface area (Å²) in [6, 6.07) is 0. The quantitative estimate of drug-likeness (QED) is 0.528. The third-order valence-electron chi connectivity index (χ3n) is 1.92. The van der Waals surface area contributed by atoms with E-state index in [1.807, 2.05) is 0 Å². The van der Waals surface area contributed by atoms with Gasteiger partial charge in [-0.3, -0.25) is 0 Å². The molecule has 1 aliphatic heterocycles. The van der Waals surface area contributed by atoms with Crippen LogP contribution < -0.4 is 5.32 Å². The van der Waals surface area contributed by atoms with E-state index in [4.69, 9.17) is 10.2 Å². The molecule has 0 atom stereocenters. The lowest BCUT2D eigenvalue weighted by Crippen LogP contribution is -2.39. The summed E-state index contributed by atoms with van der Waals surface area (Å²) in [5, 5.41) is 18.2. The van der Waals surface area contributed by atoms with Gasteiger partial charge >= 0.3 is 10.6 Å². The molecule has 0 aromatic rings. The predicted octanol–water partition coefficient (Wildman–Crippen LogP) is 0.750. The van der Waals surface area contributed by atoms with E-state index in [0.29, 0.717) is 13.1 Å². The molecule has 12 heavy (non-hydrogen) atoms. The number of rotatable bonds is 0. The Kier molecular flexibility index (Phi) is 2.58. The number of nitrogens with one attached hydrogen (secondary N) is 1. The van der Waals surface area contributed by atoms with Crippen LogP contribution in [0.4, 0.5) is 9.59 Å². The summed E-state index contributed by atoms with van der Waals surface area (Å²) in [7, 11) is -2.46. The van der Waals surface area contributed by atoms with Gasteiger partial charge in [0.15, 0.2) is 0 Å². The van der Waals surface area contributed by atoms with E-state index in [-0.39, 0.29) is 11.5 Å². The van der Waals surface area contributed by atoms with Crippen LogP contribution >= 0.6 is 10.0 Å². The van der Waals surface area contributed by atoms with Crippen LogP contribution in [0.3, 0.4) is 0 Å². The van der Waals surface area contributed by atoms with Crippen molar-refractivity contribution >= 4 is 20.6 Å². The van der Waals surface area contributed by atoms with Crippen molar-refractivity contribution in [3.05, 3.63) is 0 Å². The normalized spacial score (nSPS) is 24.3. The zero-order valence-corrected chi connectivity index (χ0v) is 7.26. The highest BCUT2D eigenvalue weighted by Gasteiger charge is 2.41. The third-order valence-corrected chi connectivity index (χ3v) is 5.06. The van der Waals surface area contributed by atoms with Crippen molar-refractivity contribution in [3.8, 4) is 0 Å². The Morgan fingerprint density at radius 2 is 1.50 bits per heavy atom. The van der Waals surface area contributed by atoms with Crippen molar-refractivity contribution in [2.45, 2.75) is 0 Å². The Morgan fingerprint density at radius 1 is 1.08 bits per heavy atom. The highest BCUT2D eigenvalue weighted by Crippen LogP contribution is 2.49. The van der Waals surface area contributed by atoms with Crippen molar-refractivity contribution in [3.63, 3.8) is 0 Å². The second kappa shape index (κ2) is 3.32. The van der Waals surface area contributed by atoms with Crippen LogP contribution in [0.2, 0.25) is 0 Å². The maximum Gasteiger partial charge on any atom is 0.357 e. The van der Waals surface area contributed by atoms with Gasteiger partial charge in [-0.1, -0.05) is 0 Å². The average molecular weight is 193 g/mol. The van der Waals surface area contributed by atoms with Crippen molar-refractivity contribution in [1.29, 1.82) is 0 Å². The number of carboxylic acid groups (broad SMARTS) is 2. The average Bonchev–Trinajstić information content (AvgIpc) is 2.05. The van der Waals surface area contributed by atoms with Gasteiger partial charge in [-0.25, -0.2) is 9.59 Å². The van der Waals surface area contributed by atoms with Gasteiger partial charge in [-0.2, -0.15) is 0 Å². The van der Waals surface area contributed by atoms with Crippen LogP contribution in [0, 0.1) is 0 Å². The Hall–Kier alpha value is -0.750. The first-order chi connectivity index (χ1) is 5.59. The highest BCUT2D eigenvalue weighted by atomic mass is 32.3. The standard InChI is InChI=1S/C6H11NO4S/c8-5(9)12(6(10)11)3-1-7-2-4-12/h7H,1-4H2,(H,8,9)(H,10,11). The van der Waals surface area contributed by atoms with Crippen LogP contribution in [0.5, 0.6) is 0 Å². The summed E-state index contributed by atoms with van der Waals surface area (Å²) in [4.78, 5) is 21.5. The second-order valence-corrected chi connectivity index (χ2v) is 5.86. The highest BCUT2D eigenvalue weighted by molar-refractivity contribution is 8.55. The summed E-state index contributed by atoms with van der Waals surface area (Å²) in [5.74, 6) is 0.495. The monoisotopic (exact) mass is 193 g/mol. The molecule has 5 nitrogen and oxygen atoms in total. The van der Waals surface area contributed by atoms with Crippen molar-refractivity contribution in [2.75, 3.05) is 24.6 Å².